The highest BCUT2D eigenvalue weighted by atomic mass is 32.2. The van der Waals surface area contributed by atoms with Crippen LogP contribution in [0.25, 0.3) is 11.3 Å². The first-order valence-electron chi connectivity index (χ1n) is 8.76. The lowest BCUT2D eigenvalue weighted by atomic mass is 10.0. The van der Waals surface area contributed by atoms with Gasteiger partial charge in [0.25, 0.3) is 0 Å². The predicted molar refractivity (Wildman–Crippen MR) is 97.7 cm³/mol. The van der Waals surface area contributed by atoms with E-state index in [0.29, 0.717) is 30.0 Å². The molecule has 7 nitrogen and oxygen atoms in total. The fourth-order valence-corrected chi connectivity index (χ4v) is 5.09. The number of halogens is 1. The predicted octanol–water partition coefficient (Wildman–Crippen LogP) is 2.87. The molecule has 142 valence electrons. The van der Waals surface area contributed by atoms with Gasteiger partial charge in [-0.15, -0.1) is 0 Å². The molecule has 4 rings (SSSR count). The van der Waals surface area contributed by atoms with Gasteiger partial charge in [-0.3, -0.25) is 4.68 Å². The Morgan fingerprint density at radius 2 is 2.11 bits per heavy atom. The van der Waals surface area contributed by atoms with E-state index >= 15 is 0 Å². The summed E-state index contributed by atoms with van der Waals surface area (Å²) in [6.45, 7) is 0.428. The topological polar surface area (TPSA) is 83.9 Å². The summed E-state index contributed by atoms with van der Waals surface area (Å²) in [5.74, 6) is 0.239. The zero-order chi connectivity index (χ0) is 19.0. The molecule has 9 heteroatoms. The van der Waals surface area contributed by atoms with E-state index in [0.717, 1.165) is 12.8 Å². The Balaban J connectivity index is 1.67. The summed E-state index contributed by atoms with van der Waals surface area (Å²) in [4.78, 5) is 7.76. The number of nitrogens with one attached hydrogen (secondary N) is 1. The molecule has 1 aliphatic rings. The lowest BCUT2D eigenvalue weighted by Crippen LogP contribution is -2.38. The third-order valence-electron chi connectivity index (χ3n) is 4.79. The minimum absolute atomic E-state index is 0.175. The monoisotopic (exact) mass is 389 g/mol. The largest absolute Gasteiger partial charge is 0.341 e. The molecule has 0 aliphatic carbocycles. The molecule has 0 saturated carbocycles. The van der Waals surface area contributed by atoms with Gasteiger partial charge in [-0.1, -0.05) is 18.6 Å². The van der Waals surface area contributed by atoms with Gasteiger partial charge in [0.15, 0.2) is 0 Å². The summed E-state index contributed by atoms with van der Waals surface area (Å²) >= 11 is 0. The Morgan fingerprint density at radius 3 is 2.85 bits per heavy atom. The smallest absolute Gasteiger partial charge is 0.246 e. The number of nitrogens with zero attached hydrogens (tertiary/aromatic N) is 4. The van der Waals surface area contributed by atoms with Gasteiger partial charge >= 0.3 is 0 Å². The summed E-state index contributed by atoms with van der Waals surface area (Å²) in [7, 11) is -1.99. The quantitative estimate of drug-likeness (QED) is 0.744. The number of hydrogen-bond acceptors (Lipinski definition) is 4. The van der Waals surface area contributed by atoms with E-state index in [4.69, 9.17) is 0 Å². The Hall–Kier alpha value is -2.52. The van der Waals surface area contributed by atoms with Crippen molar-refractivity contribution < 1.29 is 12.8 Å². The molecule has 2 aromatic heterocycles. The van der Waals surface area contributed by atoms with Crippen LogP contribution >= 0.6 is 0 Å². The molecule has 27 heavy (non-hydrogen) atoms. The van der Waals surface area contributed by atoms with Gasteiger partial charge in [0.1, 0.15) is 16.5 Å². The number of aromatic nitrogens is 4. The molecule has 1 aliphatic heterocycles. The number of aromatic amines is 1. The summed E-state index contributed by atoms with van der Waals surface area (Å²) in [6.07, 6.45) is 6.87. The number of piperidine rings is 1. The summed E-state index contributed by atoms with van der Waals surface area (Å²) < 4.78 is 42.6. The fraction of sp³-hybridized carbons (Fsp3) is 0.333. The maximum absolute atomic E-state index is 13.5. The van der Waals surface area contributed by atoms with Crippen molar-refractivity contribution >= 4 is 10.0 Å². The minimum atomic E-state index is -3.67. The van der Waals surface area contributed by atoms with Crippen LogP contribution in [0.1, 0.15) is 31.1 Å². The number of H-pyrrole nitrogens is 1. The van der Waals surface area contributed by atoms with Crippen molar-refractivity contribution in [2.75, 3.05) is 6.54 Å². The molecule has 0 amide bonds. The molecule has 0 spiro atoms. The maximum atomic E-state index is 13.5. The molecule has 1 N–H and O–H groups in total. The van der Waals surface area contributed by atoms with Gasteiger partial charge in [0, 0.05) is 25.4 Å². The van der Waals surface area contributed by atoms with Crippen LogP contribution < -0.4 is 0 Å². The van der Waals surface area contributed by atoms with E-state index < -0.39 is 10.0 Å². The SMILES string of the molecule is Cn1cc(S(=O)(=O)N2CCCCC2c2ncc(-c3cccc(F)c3)[nH]2)cn1. The standard InChI is InChI=1S/C18H20FN5O2S/c1-23-12-15(10-21-23)27(25,26)24-8-3-2-7-17(24)18-20-11-16(22-18)13-5-4-6-14(19)9-13/h4-6,9-12,17H,2-3,7-8H2,1H3,(H,20,22). The van der Waals surface area contributed by atoms with Gasteiger partial charge in [0.05, 0.1) is 24.1 Å². The van der Waals surface area contributed by atoms with Crippen LogP contribution in [0.15, 0.2) is 47.8 Å². The summed E-state index contributed by atoms with van der Waals surface area (Å²) in [5, 5.41) is 3.98. The molecular formula is C18H20FN5O2S. The maximum Gasteiger partial charge on any atom is 0.246 e. The molecule has 1 saturated heterocycles. The lowest BCUT2D eigenvalue weighted by Gasteiger charge is -2.33. The molecule has 0 radical (unpaired) electrons. The van der Waals surface area contributed by atoms with Crippen molar-refractivity contribution in [2.45, 2.75) is 30.2 Å². The highest BCUT2D eigenvalue weighted by Gasteiger charge is 2.36. The first-order valence-corrected chi connectivity index (χ1v) is 10.2. The first kappa shape index (κ1) is 17.9. The Bertz CT molecular complexity index is 1060. The van der Waals surface area contributed by atoms with Gasteiger partial charge in [-0.2, -0.15) is 9.40 Å². The molecule has 0 bridgehead atoms. The van der Waals surface area contributed by atoms with Crippen molar-refractivity contribution in [1.29, 1.82) is 0 Å². The molecule has 1 atom stereocenters. The second-order valence-corrected chi connectivity index (χ2v) is 8.56. The summed E-state index contributed by atoms with van der Waals surface area (Å²) in [6, 6.07) is 5.83. The Morgan fingerprint density at radius 1 is 1.26 bits per heavy atom. The summed E-state index contributed by atoms with van der Waals surface area (Å²) in [5.41, 5.74) is 1.33. The molecule has 3 heterocycles. The molecular weight excluding hydrogens is 369 g/mol. The van der Waals surface area contributed by atoms with Gasteiger partial charge < -0.3 is 4.98 Å². The average molecular weight is 389 g/mol. The van der Waals surface area contributed by atoms with Crippen molar-refractivity contribution in [3.63, 3.8) is 0 Å². The molecule has 1 unspecified atom stereocenters. The van der Waals surface area contributed by atoms with E-state index in [1.165, 1.54) is 33.5 Å². The second kappa shape index (κ2) is 6.90. The third-order valence-corrected chi connectivity index (χ3v) is 6.65. The molecule has 1 aromatic carbocycles. The normalized spacial score (nSPS) is 18.7. The zero-order valence-electron chi connectivity index (χ0n) is 14.8. The van der Waals surface area contributed by atoms with Gasteiger partial charge in [0.2, 0.25) is 10.0 Å². The van der Waals surface area contributed by atoms with E-state index in [1.54, 1.807) is 25.4 Å². The second-order valence-electron chi connectivity index (χ2n) is 6.67. The van der Waals surface area contributed by atoms with Crippen LogP contribution in [-0.2, 0) is 17.1 Å². The number of aryl methyl sites for hydroxylation is 1. The number of hydrogen-bond donors (Lipinski definition) is 1. The van der Waals surface area contributed by atoms with Gasteiger partial charge in [-0.05, 0) is 25.0 Å². The number of sulfonamides is 1. The highest BCUT2D eigenvalue weighted by molar-refractivity contribution is 7.89. The van der Waals surface area contributed by atoms with Crippen molar-refractivity contribution in [2.24, 2.45) is 7.05 Å². The van der Waals surface area contributed by atoms with E-state index in [1.807, 2.05) is 0 Å². The third kappa shape index (κ3) is 3.40. The number of benzene rings is 1. The van der Waals surface area contributed by atoms with Crippen LogP contribution in [0.5, 0.6) is 0 Å². The minimum Gasteiger partial charge on any atom is -0.341 e. The van der Waals surface area contributed by atoms with Crippen LogP contribution in [0.2, 0.25) is 0 Å². The number of rotatable bonds is 4. The van der Waals surface area contributed by atoms with Crippen molar-refractivity contribution in [1.82, 2.24) is 24.1 Å². The van der Waals surface area contributed by atoms with Crippen LogP contribution in [-0.4, -0.2) is 39.0 Å². The van der Waals surface area contributed by atoms with Crippen LogP contribution in [0.4, 0.5) is 4.39 Å². The highest BCUT2D eigenvalue weighted by Crippen LogP contribution is 2.34. The van der Waals surface area contributed by atoms with Gasteiger partial charge in [-0.25, -0.2) is 17.8 Å². The Kier molecular flexibility index (Phi) is 4.56. The molecule has 3 aromatic rings. The van der Waals surface area contributed by atoms with Crippen LogP contribution in [0, 0.1) is 5.82 Å². The van der Waals surface area contributed by atoms with E-state index in [2.05, 4.69) is 15.1 Å². The zero-order valence-corrected chi connectivity index (χ0v) is 15.7. The molecule has 1 fully saturated rings. The van der Waals surface area contributed by atoms with Crippen LogP contribution in [0.3, 0.4) is 0 Å². The Labute approximate surface area is 156 Å². The van der Waals surface area contributed by atoms with E-state index in [9.17, 15) is 12.8 Å². The van der Waals surface area contributed by atoms with E-state index in [-0.39, 0.29) is 16.8 Å². The average Bonchev–Trinajstić information content (AvgIpc) is 3.31. The lowest BCUT2D eigenvalue weighted by molar-refractivity contribution is 0.247. The first-order chi connectivity index (χ1) is 12.9. The number of imidazole rings is 1. The fourth-order valence-electron chi connectivity index (χ4n) is 3.44. The van der Waals surface area contributed by atoms with Crippen molar-refractivity contribution in [3.8, 4) is 11.3 Å². The van der Waals surface area contributed by atoms with Crippen molar-refractivity contribution in [3.05, 3.63) is 54.5 Å².